The van der Waals surface area contributed by atoms with Crippen LogP contribution in [0, 0.1) is 0 Å². The van der Waals surface area contributed by atoms with Gasteiger partial charge in [-0.2, -0.15) is 0 Å². The standard InChI is InChI=1S/C28H32N6O3/c35-25(33-15-6-7-16-33)19-34-17-5-4-10-23(27(34)37)31-28(32-26(36)21-8-2-1-3-9-21)30-22-12-11-20-13-14-29-24(20)18-22/h1-3,8-9,11-14,18,23,29H,4-7,10,15-17,19H2,(H2,30,31,32,36). The zero-order valence-corrected chi connectivity index (χ0v) is 20.8. The van der Waals surface area contributed by atoms with Gasteiger partial charge in [0.05, 0.1) is 6.54 Å². The van der Waals surface area contributed by atoms with Crippen LogP contribution in [0.2, 0.25) is 0 Å². The van der Waals surface area contributed by atoms with E-state index >= 15 is 0 Å². The summed E-state index contributed by atoms with van der Waals surface area (Å²) in [7, 11) is 0. The summed E-state index contributed by atoms with van der Waals surface area (Å²) in [4.78, 5) is 50.6. The number of carbonyl (C=O) groups is 3. The van der Waals surface area contributed by atoms with E-state index in [1.54, 1.807) is 29.2 Å². The van der Waals surface area contributed by atoms with Crippen LogP contribution in [0.5, 0.6) is 0 Å². The summed E-state index contributed by atoms with van der Waals surface area (Å²) in [6.45, 7) is 2.13. The Morgan fingerprint density at radius 2 is 1.76 bits per heavy atom. The van der Waals surface area contributed by atoms with Crippen LogP contribution in [0.25, 0.3) is 10.9 Å². The van der Waals surface area contributed by atoms with Crippen molar-refractivity contribution in [3.05, 3.63) is 66.4 Å². The van der Waals surface area contributed by atoms with Gasteiger partial charge in [-0.15, -0.1) is 0 Å². The second-order valence-electron chi connectivity index (χ2n) is 9.56. The van der Waals surface area contributed by atoms with E-state index < -0.39 is 6.04 Å². The number of amides is 3. The van der Waals surface area contributed by atoms with E-state index in [1.807, 2.05) is 41.4 Å². The van der Waals surface area contributed by atoms with Crippen LogP contribution in [0.4, 0.5) is 5.69 Å². The van der Waals surface area contributed by atoms with E-state index in [4.69, 9.17) is 4.99 Å². The number of rotatable bonds is 5. The van der Waals surface area contributed by atoms with Crippen molar-refractivity contribution in [2.24, 2.45) is 4.99 Å². The largest absolute Gasteiger partial charge is 0.361 e. The van der Waals surface area contributed by atoms with Crippen LogP contribution in [-0.2, 0) is 9.59 Å². The second-order valence-corrected chi connectivity index (χ2v) is 9.56. The second kappa shape index (κ2) is 11.3. The molecule has 2 aromatic carbocycles. The topological polar surface area (TPSA) is 110 Å². The summed E-state index contributed by atoms with van der Waals surface area (Å²) < 4.78 is 0. The first-order valence-corrected chi connectivity index (χ1v) is 12.9. The quantitative estimate of drug-likeness (QED) is 0.369. The normalized spacial score (nSPS) is 18.6. The molecule has 0 aliphatic carbocycles. The van der Waals surface area contributed by atoms with Crippen molar-refractivity contribution in [2.45, 2.75) is 38.1 Å². The Morgan fingerprint density at radius 1 is 0.973 bits per heavy atom. The summed E-state index contributed by atoms with van der Waals surface area (Å²) in [5.74, 6) is -0.315. The summed E-state index contributed by atoms with van der Waals surface area (Å²) >= 11 is 0. The van der Waals surface area contributed by atoms with Crippen molar-refractivity contribution in [3.8, 4) is 0 Å². The highest BCUT2D eigenvalue weighted by molar-refractivity contribution is 6.10. The number of fused-ring (bicyclic) bond motifs is 1. The molecule has 0 radical (unpaired) electrons. The molecule has 1 aromatic heterocycles. The van der Waals surface area contributed by atoms with E-state index in [0.717, 1.165) is 55.4 Å². The molecule has 9 heteroatoms. The van der Waals surface area contributed by atoms with E-state index in [2.05, 4.69) is 15.6 Å². The number of anilines is 1. The van der Waals surface area contributed by atoms with Crippen LogP contribution in [0.1, 0.15) is 42.5 Å². The van der Waals surface area contributed by atoms with E-state index in [-0.39, 0.29) is 30.2 Å². The number of aliphatic imine (C=N–C) groups is 1. The Balaban J connectivity index is 1.38. The number of likely N-dealkylation sites (tertiary alicyclic amines) is 2. The predicted octanol–water partition coefficient (Wildman–Crippen LogP) is 3.37. The van der Waals surface area contributed by atoms with Crippen molar-refractivity contribution >= 4 is 40.3 Å². The maximum atomic E-state index is 13.5. The number of aromatic nitrogens is 1. The number of H-pyrrole nitrogens is 1. The number of benzene rings is 2. The molecular formula is C28H32N6O3. The average molecular weight is 501 g/mol. The third-order valence-electron chi connectivity index (χ3n) is 6.91. The first-order valence-electron chi connectivity index (χ1n) is 12.9. The number of guanidine groups is 1. The van der Waals surface area contributed by atoms with E-state index in [0.29, 0.717) is 18.5 Å². The molecule has 2 aliphatic heterocycles. The van der Waals surface area contributed by atoms with Gasteiger partial charge in [0.2, 0.25) is 17.8 Å². The van der Waals surface area contributed by atoms with Crippen LogP contribution in [-0.4, -0.2) is 70.7 Å². The van der Waals surface area contributed by atoms with Crippen LogP contribution in [0.3, 0.4) is 0 Å². The maximum Gasteiger partial charge on any atom is 0.257 e. The molecule has 1 unspecified atom stereocenters. The van der Waals surface area contributed by atoms with Gasteiger partial charge < -0.3 is 20.1 Å². The molecule has 3 N–H and O–H groups in total. The van der Waals surface area contributed by atoms with Crippen molar-refractivity contribution < 1.29 is 14.4 Å². The van der Waals surface area contributed by atoms with Crippen molar-refractivity contribution in [2.75, 3.05) is 31.5 Å². The van der Waals surface area contributed by atoms with Crippen molar-refractivity contribution in [3.63, 3.8) is 0 Å². The lowest BCUT2D eigenvalue weighted by atomic mass is 10.1. The number of aromatic amines is 1. The van der Waals surface area contributed by atoms with E-state index in [9.17, 15) is 14.4 Å². The molecule has 0 saturated carbocycles. The molecule has 2 aliphatic rings. The zero-order chi connectivity index (χ0) is 25.6. The number of nitrogens with one attached hydrogen (secondary N) is 3. The molecule has 2 saturated heterocycles. The highest BCUT2D eigenvalue weighted by Gasteiger charge is 2.30. The molecular weight excluding hydrogens is 468 g/mol. The summed E-state index contributed by atoms with van der Waals surface area (Å²) in [6, 6.07) is 16.0. The summed E-state index contributed by atoms with van der Waals surface area (Å²) in [5, 5.41) is 7.12. The van der Waals surface area contributed by atoms with Gasteiger partial charge >= 0.3 is 0 Å². The Labute approximate surface area is 215 Å². The van der Waals surface area contributed by atoms with Gasteiger partial charge in [-0.05, 0) is 67.8 Å². The van der Waals surface area contributed by atoms with Crippen LogP contribution in [0.15, 0.2) is 65.8 Å². The monoisotopic (exact) mass is 500 g/mol. The first kappa shape index (κ1) is 24.5. The SMILES string of the molecule is O=C(NC(=NC1CCCCN(CC(=O)N2CCCC2)C1=O)Nc1ccc2cc[nH]c2c1)c1ccccc1. The first-order chi connectivity index (χ1) is 18.1. The number of hydrogen-bond acceptors (Lipinski definition) is 4. The molecule has 192 valence electrons. The molecule has 0 bridgehead atoms. The van der Waals surface area contributed by atoms with Crippen LogP contribution < -0.4 is 10.6 Å². The molecule has 37 heavy (non-hydrogen) atoms. The fourth-order valence-electron chi connectivity index (χ4n) is 4.87. The Kier molecular flexibility index (Phi) is 7.49. The van der Waals surface area contributed by atoms with E-state index in [1.165, 1.54) is 0 Å². The molecule has 2 fully saturated rings. The summed E-state index contributed by atoms with van der Waals surface area (Å²) in [5.41, 5.74) is 2.15. The fourth-order valence-corrected chi connectivity index (χ4v) is 4.87. The number of carbonyl (C=O) groups excluding carboxylic acids is 3. The Morgan fingerprint density at radius 3 is 2.57 bits per heavy atom. The summed E-state index contributed by atoms with van der Waals surface area (Å²) in [6.07, 6.45) is 6.06. The average Bonchev–Trinajstić information content (AvgIpc) is 3.59. The molecule has 9 nitrogen and oxygen atoms in total. The van der Waals surface area contributed by atoms with Gasteiger partial charge in [0.1, 0.15) is 6.04 Å². The minimum atomic E-state index is -0.693. The van der Waals surface area contributed by atoms with Crippen molar-refractivity contribution in [1.82, 2.24) is 20.1 Å². The highest BCUT2D eigenvalue weighted by atomic mass is 16.2. The third-order valence-corrected chi connectivity index (χ3v) is 6.91. The molecule has 3 aromatic rings. The lowest BCUT2D eigenvalue weighted by Gasteiger charge is -2.25. The van der Waals surface area contributed by atoms with Gasteiger partial charge in [-0.3, -0.25) is 19.7 Å². The minimum absolute atomic E-state index is 0.00883. The Bertz CT molecular complexity index is 1300. The zero-order valence-electron chi connectivity index (χ0n) is 20.8. The highest BCUT2D eigenvalue weighted by Crippen LogP contribution is 2.19. The predicted molar refractivity (Wildman–Crippen MR) is 143 cm³/mol. The molecule has 3 amide bonds. The number of nitrogens with zero attached hydrogens (tertiary/aromatic N) is 3. The minimum Gasteiger partial charge on any atom is -0.361 e. The van der Waals surface area contributed by atoms with Crippen LogP contribution >= 0.6 is 0 Å². The van der Waals surface area contributed by atoms with Gasteiger partial charge in [-0.1, -0.05) is 24.3 Å². The fraction of sp³-hybridized carbons (Fsp3) is 0.357. The molecule has 0 spiro atoms. The van der Waals surface area contributed by atoms with Gasteiger partial charge in [0, 0.05) is 42.6 Å². The molecule has 3 heterocycles. The van der Waals surface area contributed by atoms with Gasteiger partial charge in [-0.25, -0.2) is 4.99 Å². The molecule has 5 rings (SSSR count). The van der Waals surface area contributed by atoms with Gasteiger partial charge in [0.25, 0.3) is 5.91 Å². The third kappa shape index (κ3) is 5.99. The lowest BCUT2D eigenvalue weighted by molar-refractivity contribution is -0.140. The Hall–Kier alpha value is -4.14. The maximum absolute atomic E-state index is 13.5. The smallest absolute Gasteiger partial charge is 0.257 e. The van der Waals surface area contributed by atoms with Gasteiger partial charge in [0.15, 0.2) is 0 Å². The lowest BCUT2D eigenvalue weighted by Crippen LogP contribution is -2.45. The molecule has 1 atom stereocenters. The number of hydrogen-bond donors (Lipinski definition) is 3. The van der Waals surface area contributed by atoms with Crippen molar-refractivity contribution in [1.29, 1.82) is 0 Å².